The van der Waals surface area contributed by atoms with Crippen LogP contribution in [0.1, 0.15) is 24.8 Å². The summed E-state index contributed by atoms with van der Waals surface area (Å²) in [6.07, 6.45) is 8.41. The zero-order valence-corrected chi connectivity index (χ0v) is 7.74. The number of para-hydroxylation sites is 1. The van der Waals surface area contributed by atoms with E-state index in [9.17, 15) is 0 Å². The summed E-state index contributed by atoms with van der Waals surface area (Å²) in [4.78, 5) is 0. The van der Waals surface area contributed by atoms with E-state index in [0.717, 1.165) is 17.2 Å². The van der Waals surface area contributed by atoms with Gasteiger partial charge in [0.05, 0.1) is 0 Å². The Kier molecular flexibility index (Phi) is 2.35. The lowest BCUT2D eigenvalue weighted by Crippen LogP contribution is -1.87. The first kappa shape index (κ1) is 8.36. The highest BCUT2D eigenvalue weighted by molar-refractivity contribution is 5.63. The predicted octanol–water partition coefficient (Wildman–Crippen LogP) is 3.08. The second-order valence-corrected chi connectivity index (χ2v) is 3.71. The highest BCUT2D eigenvalue weighted by Crippen LogP contribution is 2.32. The molecule has 1 heteroatoms. The number of anilines is 1. The van der Waals surface area contributed by atoms with Gasteiger partial charge in [0.2, 0.25) is 0 Å². The van der Waals surface area contributed by atoms with Gasteiger partial charge in [0, 0.05) is 5.69 Å². The summed E-state index contributed by atoms with van der Waals surface area (Å²) >= 11 is 0. The van der Waals surface area contributed by atoms with Crippen molar-refractivity contribution < 1.29 is 0 Å². The molecule has 0 radical (unpaired) electrons. The van der Waals surface area contributed by atoms with Crippen LogP contribution in [0.15, 0.2) is 30.3 Å². The number of nitrogens with two attached hydrogens (primary N) is 1. The Bertz CT molecular complexity index is 311. The van der Waals surface area contributed by atoms with Crippen LogP contribution in [0, 0.1) is 5.92 Å². The molecule has 0 aliphatic heterocycles. The van der Waals surface area contributed by atoms with Crippen molar-refractivity contribution in [2.45, 2.75) is 19.3 Å². The van der Waals surface area contributed by atoms with E-state index in [1.807, 2.05) is 18.2 Å². The lowest BCUT2D eigenvalue weighted by molar-refractivity contribution is 0.866. The number of rotatable bonds is 3. The van der Waals surface area contributed by atoms with Crippen LogP contribution in [0.4, 0.5) is 5.69 Å². The van der Waals surface area contributed by atoms with E-state index in [1.54, 1.807) is 0 Å². The molecule has 2 rings (SSSR count). The van der Waals surface area contributed by atoms with Gasteiger partial charge >= 0.3 is 0 Å². The van der Waals surface area contributed by atoms with E-state index >= 15 is 0 Å². The zero-order chi connectivity index (χ0) is 9.10. The third-order valence-electron chi connectivity index (χ3n) is 2.46. The quantitative estimate of drug-likeness (QED) is 0.698. The first-order valence-electron chi connectivity index (χ1n) is 4.87. The molecule has 13 heavy (non-hydrogen) atoms. The molecule has 0 spiro atoms. The fourth-order valence-electron chi connectivity index (χ4n) is 1.40. The maximum absolute atomic E-state index is 5.80. The van der Waals surface area contributed by atoms with Gasteiger partial charge in [-0.25, -0.2) is 0 Å². The number of benzene rings is 1. The highest BCUT2D eigenvalue weighted by Gasteiger charge is 2.18. The van der Waals surface area contributed by atoms with Crippen LogP contribution < -0.4 is 5.73 Å². The molecule has 1 saturated carbocycles. The lowest BCUT2D eigenvalue weighted by Gasteiger charge is -1.97. The molecule has 0 unspecified atom stereocenters. The van der Waals surface area contributed by atoms with E-state index in [0.29, 0.717) is 0 Å². The standard InChI is InChI=1S/C12H15N/c13-12-7-2-1-5-11(12)6-3-4-10-8-9-10/h1-3,5-7,10H,4,8-9,13H2/b6-3+. The molecule has 0 heterocycles. The van der Waals surface area contributed by atoms with Crippen molar-refractivity contribution in [2.75, 3.05) is 5.73 Å². The highest BCUT2D eigenvalue weighted by atomic mass is 14.5. The van der Waals surface area contributed by atoms with Gasteiger partial charge in [0.25, 0.3) is 0 Å². The van der Waals surface area contributed by atoms with Gasteiger partial charge < -0.3 is 5.73 Å². The molecule has 0 amide bonds. The van der Waals surface area contributed by atoms with Crippen molar-refractivity contribution in [1.82, 2.24) is 0 Å². The van der Waals surface area contributed by atoms with Gasteiger partial charge in [-0.05, 0) is 36.8 Å². The van der Waals surface area contributed by atoms with Crippen LogP contribution in [0.5, 0.6) is 0 Å². The Morgan fingerprint density at radius 2 is 2.08 bits per heavy atom. The van der Waals surface area contributed by atoms with Crippen LogP contribution in [0.25, 0.3) is 6.08 Å². The summed E-state index contributed by atoms with van der Waals surface area (Å²) < 4.78 is 0. The van der Waals surface area contributed by atoms with Gasteiger partial charge in [0.15, 0.2) is 0 Å². The molecule has 0 aromatic heterocycles. The summed E-state index contributed by atoms with van der Waals surface area (Å²) in [5.41, 5.74) is 7.81. The summed E-state index contributed by atoms with van der Waals surface area (Å²) in [7, 11) is 0. The number of nitrogen functional groups attached to an aromatic ring is 1. The molecule has 68 valence electrons. The molecule has 0 atom stereocenters. The van der Waals surface area contributed by atoms with Gasteiger partial charge in [-0.2, -0.15) is 0 Å². The molecule has 2 N–H and O–H groups in total. The summed E-state index contributed by atoms with van der Waals surface area (Å²) in [6.45, 7) is 0. The third kappa shape index (κ3) is 2.35. The fraction of sp³-hybridized carbons (Fsp3) is 0.333. The smallest absolute Gasteiger partial charge is 0.0387 e. The molecular formula is C12H15N. The van der Waals surface area contributed by atoms with Gasteiger partial charge in [-0.3, -0.25) is 0 Å². The second kappa shape index (κ2) is 3.65. The fourth-order valence-corrected chi connectivity index (χ4v) is 1.40. The zero-order valence-electron chi connectivity index (χ0n) is 7.74. The largest absolute Gasteiger partial charge is 0.398 e. The normalized spacial score (nSPS) is 16.6. The van der Waals surface area contributed by atoms with Crippen molar-refractivity contribution in [3.05, 3.63) is 35.9 Å². The van der Waals surface area contributed by atoms with Crippen molar-refractivity contribution in [1.29, 1.82) is 0 Å². The van der Waals surface area contributed by atoms with E-state index in [1.165, 1.54) is 19.3 Å². The van der Waals surface area contributed by atoms with Crippen molar-refractivity contribution >= 4 is 11.8 Å². The number of hydrogen-bond acceptors (Lipinski definition) is 1. The monoisotopic (exact) mass is 173 g/mol. The SMILES string of the molecule is Nc1ccccc1/C=C/CC1CC1. The first-order chi connectivity index (χ1) is 6.36. The molecule has 0 saturated heterocycles. The van der Waals surface area contributed by atoms with Crippen LogP contribution >= 0.6 is 0 Å². The minimum atomic E-state index is 0.870. The Balaban J connectivity index is 1.99. The maximum atomic E-state index is 5.80. The third-order valence-corrected chi connectivity index (χ3v) is 2.46. The summed E-state index contributed by atoms with van der Waals surface area (Å²) in [5.74, 6) is 0.959. The van der Waals surface area contributed by atoms with Crippen LogP contribution in [0.2, 0.25) is 0 Å². The number of allylic oxidation sites excluding steroid dienone is 1. The summed E-state index contributed by atoms with van der Waals surface area (Å²) in [6, 6.07) is 7.98. The molecular weight excluding hydrogens is 158 g/mol. The molecule has 1 aliphatic carbocycles. The van der Waals surface area contributed by atoms with Gasteiger partial charge in [0.1, 0.15) is 0 Å². The van der Waals surface area contributed by atoms with Crippen LogP contribution in [-0.4, -0.2) is 0 Å². The Morgan fingerprint density at radius 1 is 1.31 bits per heavy atom. The molecule has 1 aliphatic rings. The molecule has 1 aromatic carbocycles. The van der Waals surface area contributed by atoms with Crippen molar-refractivity contribution in [3.8, 4) is 0 Å². The molecule has 1 aromatic rings. The van der Waals surface area contributed by atoms with Gasteiger partial charge in [-0.1, -0.05) is 30.4 Å². The average molecular weight is 173 g/mol. The number of hydrogen-bond donors (Lipinski definition) is 1. The summed E-state index contributed by atoms with van der Waals surface area (Å²) in [5, 5.41) is 0. The Labute approximate surface area is 79.3 Å². The average Bonchev–Trinajstić information content (AvgIpc) is 2.92. The topological polar surface area (TPSA) is 26.0 Å². The predicted molar refractivity (Wildman–Crippen MR) is 57.2 cm³/mol. The lowest BCUT2D eigenvalue weighted by atomic mass is 10.1. The minimum absolute atomic E-state index is 0.870. The van der Waals surface area contributed by atoms with Crippen LogP contribution in [-0.2, 0) is 0 Å². The Hall–Kier alpha value is -1.24. The second-order valence-electron chi connectivity index (χ2n) is 3.71. The van der Waals surface area contributed by atoms with Gasteiger partial charge in [-0.15, -0.1) is 0 Å². The molecule has 1 nitrogen and oxygen atoms in total. The minimum Gasteiger partial charge on any atom is -0.398 e. The molecule has 0 bridgehead atoms. The Morgan fingerprint density at radius 3 is 2.77 bits per heavy atom. The maximum Gasteiger partial charge on any atom is 0.0387 e. The van der Waals surface area contributed by atoms with Crippen molar-refractivity contribution in [2.24, 2.45) is 5.92 Å². The van der Waals surface area contributed by atoms with E-state index in [-0.39, 0.29) is 0 Å². The van der Waals surface area contributed by atoms with E-state index in [4.69, 9.17) is 5.73 Å². The van der Waals surface area contributed by atoms with E-state index < -0.39 is 0 Å². The van der Waals surface area contributed by atoms with Crippen molar-refractivity contribution in [3.63, 3.8) is 0 Å². The first-order valence-corrected chi connectivity index (χ1v) is 4.87. The van der Waals surface area contributed by atoms with Crippen LogP contribution in [0.3, 0.4) is 0 Å². The van der Waals surface area contributed by atoms with E-state index in [2.05, 4.69) is 18.2 Å². The molecule has 1 fully saturated rings.